The Kier molecular flexibility index (Phi) is 8.06. The molecule has 7 heteroatoms. The van der Waals surface area contributed by atoms with E-state index in [1.54, 1.807) is 0 Å². The van der Waals surface area contributed by atoms with Crippen molar-refractivity contribution < 1.29 is 24.2 Å². The van der Waals surface area contributed by atoms with Crippen LogP contribution in [0.5, 0.6) is 0 Å². The van der Waals surface area contributed by atoms with Crippen LogP contribution in [0.15, 0.2) is 48.5 Å². The Morgan fingerprint density at radius 1 is 0.971 bits per heavy atom. The van der Waals surface area contributed by atoms with E-state index in [4.69, 9.17) is 9.84 Å². The third-order valence-electron chi connectivity index (χ3n) is 7.07. The Morgan fingerprint density at radius 3 is 2.20 bits per heavy atom. The van der Waals surface area contributed by atoms with Crippen molar-refractivity contribution in [1.82, 2.24) is 10.6 Å². The lowest BCUT2D eigenvalue weighted by Crippen LogP contribution is -2.35. The van der Waals surface area contributed by atoms with Crippen molar-refractivity contribution in [2.24, 2.45) is 17.8 Å². The number of fused-ring (bicyclic) bond motifs is 3. The molecule has 4 rings (SSSR count). The van der Waals surface area contributed by atoms with Crippen LogP contribution in [0.1, 0.15) is 56.1 Å². The highest BCUT2D eigenvalue weighted by molar-refractivity contribution is 5.79. The number of nitrogens with one attached hydrogen (secondary N) is 2. The van der Waals surface area contributed by atoms with E-state index in [-0.39, 0.29) is 36.7 Å². The zero-order valence-corrected chi connectivity index (χ0v) is 20.2. The molecule has 0 heterocycles. The Balaban J connectivity index is 1.23. The molecule has 0 bridgehead atoms. The Morgan fingerprint density at radius 2 is 1.60 bits per heavy atom. The highest BCUT2D eigenvalue weighted by Crippen LogP contribution is 2.44. The van der Waals surface area contributed by atoms with Crippen LogP contribution in [0.3, 0.4) is 0 Å². The van der Waals surface area contributed by atoms with Crippen LogP contribution in [0.25, 0.3) is 11.1 Å². The van der Waals surface area contributed by atoms with Crippen molar-refractivity contribution in [3.8, 4) is 11.1 Å². The summed E-state index contributed by atoms with van der Waals surface area (Å²) in [5.41, 5.74) is 4.72. The van der Waals surface area contributed by atoms with E-state index in [0.717, 1.165) is 12.8 Å². The van der Waals surface area contributed by atoms with E-state index in [1.807, 2.05) is 31.2 Å². The van der Waals surface area contributed by atoms with E-state index in [9.17, 15) is 14.4 Å². The molecule has 2 aliphatic rings. The lowest BCUT2D eigenvalue weighted by atomic mass is 9.98. The second kappa shape index (κ2) is 11.4. The molecule has 2 amide bonds. The van der Waals surface area contributed by atoms with Gasteiger partial charge in [-0.3, -0.25) is 9.59 Å². The molecule has 3 N–H and O–H groups in total. The molecule has 2 aromatic rings. The molecule has 0 radical (unpaired) electrons. The van der Waals surface area contributed by atoms with Crippen molar-refractivity contribution in [3.05, 3.63) is 59.7 Å². The van der Waals surface area contributed by atoms with Crippen LogP contribution in [-0.2, 0) is 14.3 Å². The van der Waals surface area contributed by atoms with Crippen molar-refractivity contribution in [1.29, 1.82) is 0 Å². The van der Waals surface area contributed by atoms with Gasteiger partial charge in [-0.25, -0.2) is 4.79 Å². The fraction of sp³-hybridized carbons (Fsp3) is 0.464. The van der Waals surface area contributed by atoms with Crippen LogP contribution in [-0.4, -0.2) is 42.8 Å². The van der Waals surface area contributed by atoms with Crippen LogP contribution in [0, 0.1) is 17.8 Å². The maximum atomic E-state index is 12.5. The predicted octanol–water partition coefficient (Wildman–Crippen LogP) is 4.56. The van der Waals surface area contributed by atoms with Crippen molar-refractivity contribution in [2.75, 3.05) is 19.7 Å². The molecule has 35 heavy (non-hydrogen) atoms. The van der Waals surface area contributed by atoms with Crippen molar-refractivity contribution >= 4 is 18.0 Å². The topological polar surface area (TPSA) is 105 Å². The van der Waals surface area contributed by atoms with Gasteiger partial charge in [0.1, 0.15) is 6.61 Å². The average molecular weight is 479 g/mol. The number of amides is 2. The summed E-state index contributed by atoms with van der Waals surface area (Å²) >= 11 is 0. The number of ether oxygens (including phenoxy) is 1. The molecule has 1 fully saturated rings. The molecule has 2 unspecified atom stereocenters. The Bertz CT molecular complexity index is 1020. The number of carbonyl (C=O) groups is 3. The van der Waals surface area contributed by atoms with E-state index in [2.05, 4.69) is 34.9 Å². The monoisotopic (exact) mass is 478 g/mol. The third kappa shape index (κ3) is 6.62. The number of alkyl carbamates (subject to hydrolysis) is 1. The van der Waals surface area contributed by atoms with Gasteiger partial charge in [-0.05, 0) is 59.3 Å². The Hall–Kier alpha value is -3.35. The first kappa shape index (κ1) is 24.8. The zero-order chi connectivity index (χ0) is 24.8. The SMILES string of the molecule is CC(CCNC(=O)CC(CNC(=O)OCC1c2ccccc2-c2ccccc21)C1CC1)CC(=O)O. The number of hydrogen-bond acceptors (Lipinski definition) is 4. The molecule has 186 valence electrons. The summed E-state index contributed by atoms with van der Waals surface area (Å²) < 4.78 is 5.62. The van der Waals surface area contributed by atoms with Crippen molar-refractivity contribution in [3.63, 3.8) is 0 Å². The largest absolute Gasteiger partial charge is 0.481 e. The van der Waals surface area contributed by atoms with Gasteiger partial charge >= 0.3 is 12.1 Å². The van der Waals surface area contributed by atoms with Crippen LogP contribution >= 0.6 is 0 Å². The number of carboxylic acid groups (broad SMARTS) is 1. The Labute approximate surface area is 206 Å². The lowest BCUT2D eigenvalue weighted by Gasteiger charge is -2.18. The molecular formula is C28H34N2O5. The van der Waals surface area contributed by atoms with Crippen LogP contribution in [0.4, 0.5) is 4.79 Å². The van der Waals surface area contributed by atoms with Gasteiger partial charge < -0.3 is 20.5 Å². The van der Waals surface area contributed by atoms with Gasteiger partial charge in [0.05, 0.1) is 0 Å². The summed E-state index contributed by atoms with van der Waals surface area (Å²) in [5, 5.41) is 14.6. The van der Waals surface area contributed by atoms with E-state index < -0.39 is 12.1 Å². The van der Waals surface area contributed by atoms with Gasteiger partial charge in [-0.15, -0.1) is 0 Å². The minimum Gasteiger partial charge on any atom is -0.481 e. The minimum atomic E-state index is -0.822. The molecule has 0 aromatic heterocycles. The number of rotatable bonds is 12. The van der Waals surface area contributed by atoms with E-state index >= 15 is 0 Å². The lowest BCUT2D eigenvalue weighted by molar-refractivity contribution is -0.138. The average Bonchev–Trinajstić information content (AvgIpc) is 3.63. The highest BCUT2D eigenvalue weighted by atomic mass is 16.5. The normalized spacial score (nSPS) is 16.0. The molecule has 0 spiro atoms. The third-order valence-corrected chi connectivity index (χ3v) is 7.07. The first-order valence-corrected chi connectivity index (χ1v) is 12.5. The number of carboxylic acids is 1. The molecule has 2 aliphatic carbocycles. The molecule has 7 nitrogen and oxygen atoms in total. The molecule has 0 saturated heterocycles. The quantitative estimate of drug-likeness (QED) is 0.415. The molecule has 2 aromatic carbocycles. The number of hydrogen-bond donors (Lipinski definition) is 3. The zero-order valence-electron chi connectivity index (χ0n) is 20.2. The molecular weight excluding hydrogens is 444 g/mol. The molecule has 2 atom stereocenters. The summed E-state index contributed by atoms with van der Waals surface area (Å²) in [6, 6.07) is 16.5. The summed E-state index contributed by atoms with van der Waals surface area (Å²) in [7, 11) is 0. The van der Waals surface area contributed by atoms with E-state index in [0.29, 0.717) is 31.8 Å². The fourth-order valence-electron chi connectivity index (χ4n) is 5.01. The van der Waals surface area contributed by atoms with Crippen molar-refractivity contribution in [2.45, 2.75) is 44.9 Å². The maximum absolute atomic E-state index is 12.5. The number of aliphatic carboxylic acids is 1. The van der Waals surface area contributed by atoms with Gasteiger partial charge in [0.2, 0.25) is 5.91 Å². The van der Waals surface area contributed by atoms with Gasteiger partial charge in [0.15, 0.2) is 0 Å². The van der Waals surface area contributed by atoms with Gasteiger partial charge in [-0.2, -0.15) is 0 Å². The summed E-state index contributed by atoms with van der Waals surface area (Å²) in [6.07, 6.45) is 2.76. The summed E-state index contributed by atoms with van der Waals surface area (Å²) in [5.74, 6) is -0.327. The molecule has 1 saturated carbocycles. The van der Waals surface area contributed by atoms with Gasteiger partial charge in [0, 0.05) is 31.8 Å². The first-order chi connectivity index (χ1) is 16.9. The number of benzene rings is 2. The van der Waals surface area contributed by atoms with Gasteiger partial charge in [0.25, 0.3) is 0 Å². The van der Waals surface area contributed by atoms with Crippen LogP contribution < -0.4 is 10.6 Å². The standard InChI is InChI=1S/C28H34N2O5/c1-18(14-27(32)33)12-13-29-26(31)15-20(19-10-11-19)16-30-28(34)35-17-25-23-8-4-2-6-21(23)22-7-3-5-9-24(22)25/h2-9,18-20,25H,10-17H2,1H3,(H,29,31)(H,30,34)(H,32,33). The van der Waals surface area contributed by atoms with E-state index in [1.165, 1.54) is 22.3 Å². The predicted molar refractivity (Wildman–Crippen MR) is 133 cm³/mol. The van der Waals surface area contributed by atoms with Crippen LogP contribution in [0.2, 0.25) is 0 Å². The molecule has 0 aliphatic heterocycles. The second-order valence-electron chi connectivity index (χ2n) is 9.85. The smallest absolute Gasteiger partial charge is 0.407 e. The fourth-order valence-corrected chi connectivity index (χ4v) is 5.01. The summed E-state index contributed by atoms with van der Waals surface area (Å²) in [6.45, 7) is 3.00. The highest BCUT2D eigenvalue weighted by Gasteiger charge is 2.33. The van der Waals surface area contributed by atoms with Gasteiger partial charge in [-0.1, -0.05) is 55.5 Å². The first-order valence-electron chi connectivity index (χ1n) is 12.5. The minimum absolute atomic E-state index is 0.0154. The number of carbonyl (C=O) groups excluding carboxylic acids is 2. The summed E-state index contributed by atoms with van der Waals surface area (Å²) in [4.78, 5) is 35.7. The maximum Gasteiger partial charge on any atom is 0.407 e. The second-order valence-corrected chi connectivity index (χ2v) is 9.85.